The highest BCUT2D eigenvalue weighted by Gasteiger charge is 2.26. The maximum Gasteiger partial charge on any atom is 0.323 e. The van der Waals surface area contributed by atoms with Crippen molar-refractivity contribution in [2.45, 2.75) is 45.4 Å². The molecule has 2 amide bonds. The Balaban J connectivity index is 1.57. The molecule has 1 atom stereocenters. The molecule has 0 bridgehead atoms. The monoisotopic (exact) mass is 348 g/mol. The summed E-state index contributed by atoms with van der Waals surface area (Å²) in [5.74, 6) is 1.71. The van der Waals surface area contributed by atoms with E-state index in [-0.39, 0.29) is 11.4 Å². The molecular formula is C17H24N4O2S. The highest BCUT2D eigenvalue weighted by Crippen LogP contribution is 2.25. The predicted octanol–water partition coefficient (Wildman–Crippen LogP) is 3.92. The second-order valence-corrected chi connectivity index (χ2v) is 8.32. The fourth-order valence-corrected chi connectivity index (χ4v) is 3.63. The van der Waals surface area contributed by atoms with Crippen LogP contribution >= 0.6 is 11.3 Å². The van der Waals surface area contributed by atoms with Crippen LogP contribution in [0.2, 0.25) is 0 Å². The molecule has 24 heavy (non-hydrogen) atoms. The molecule has 3 rings (SSSR count). The second kappa shape index (κ2) is 6.93. The number of hydrogen-bond acceptors (Lipinski definition) is 5. The van der Waals surface area contributed by atoms with Gasteiger partial charge in [-0.3, -0.25) is 5.32 Å². The average Bonchev–Trinajstić information content (AvgIpc) is 3.18. The summed E-state index contributed by atoms with van der Waals surface area (Å²) < 4.78 is 5.32. The molecule has 0 saturated carbocycles. The Bertz CT molecular complexity index is 675. The minimum atomic E-state index is -0.125. The molecular weight excluding hydrogens is 324 g/mol. The lowest BCUT2D eigenvalue weighted by atomic mass is 9.93. The van der Waals surface area contributed by atoms with E-state index < -0.39 is 0 Å². The number of aromatic nitrogens is 2. The number of anilines is 1. The minimum Gasteiger partial charge on any atom is -0.359 e. The van der Waals surface area contributed by atoms with Crippen LogP contribution in [0, 0.1) is 5.92 Å². The standard InChI is InChI=1S/C17H24N4O2S/c1-17(2,3)13-10-14(20-23-13)19-16(22)21-7-4-5-12(11-21)9-15-18-6-8-24-15/h6,8,10,12H,4-5,7,9,11H2,1-3H3,(H,19,20,22). The summed E-state index contributed by atoms with van der Waals surface area (Å²) in [6.07, 6.45) is 4.95. The van der Waals surface area contributed by atoms with E-state index >= 15 is 0 Å². The molecule has 0 aliphatic carbocycles. The van der Waals surface area contributed by atoms with E-state index in [1.165, 1.54) is 0 Å². The van der Waals surface area contributed by atoms with Crippen molar-refractivity contribution in [2.75, 3.05) is 18.4 Å². The van der Waals surface area contributed by atoms with Gasteiger partial charge < -0.3 is 9.42 Å². The van der Waals surface area contributed by atoms with Crippen LogP contribution in [0.4, 0.5) is 10.6 Å². The van der Waals surface area contributed by atoms with E-state index in [0.29, 0.717) is 11.7 Å². The SMILES string of the molecule is CC(C)(C)c1cc(NC(=O)N2CCCC(Cc3nccs3)C2)no1. The number of hydrogen-bond donors (Lipinski definition) is 1. The summed E-state index contributed by atoms with van der Waals surface area (Å²) in [6, 6.07) is 1.70. The van der Waals surface area contributed by atoms with Crippen LogP contribution in [-0.2, 0) is 11.8 Å². The van der Waals surface area contributed by atoms with Crippen molar-refractivity contribution >= 4 is 23.2 Å². The van der Waals surface area contributed by atoms with E-state index in [0.717, 1.165) is 43.1 Å². The molecule has 2 aromatic rings. The van der Waals surface area contributed by atoms with Crippen LogP contribution < -0.4 is 5.32 Å². The molecule has 130 valence electrons. The number of amides is 2. The Hall–Kier alpha value is -1.89. The molecule has 0 radical (unpaired) electrons. The summed E-state index contributed by atoms with van der Waals surface area (Å²) in [5.41, 5.74) is -0.125. The Kier molecular flexibility index (Phi) is 4.89. The van der Waals surface area contributed by atoms with E-state index in [4.69, 9.17) is 4.52 Å². The van der Waals surface area contributed by atoms with Gasteiger partial charge in [0.1, 0.15) is 5.76 Å². The lowest BCUT2D eigenvalue weighted by Gasteiger charge is -2.32. The van der Waals surface area contributed by atoms with Crippen molar-refractivity contribution in [3.05, 3.63) is 28.4 Å². The quantitative estimate of drug-likeness (QED) is 0.913. The van der Waals surface area contributed by atoms with Gasteiger partial charge in [-0.15, -0.1) is 11.3 Å². The number of nitrogens with one attached hydrogen (secondary N) is 1. The second-order valence-electron chi connectivity index (χ2n) is 7.34. The number of nitrogens with zero attached hydrogens (tertiary/aromatic N) is 3. The number of likely N-dealkylation sites (tertiary alicyclic amines) is 1. The highest BCUT2D eigenvalue weighted by molar-refractivity contribution is 7.09. The molecule has 1 N–H and O–H groups in total. The number of carbonyl (C=O) groups excluding carboxylic acids is 1. The molecule has 2 aromatic heterocycles. The number of carbonyl (C=O) groups is 1. The molecule has 3 heterocycles. The molecule has 7 heteroatoms. The first-order valence-electron chi connectivity index (χ1n) is 8.33. The predicted molar refractivity (Wildman–Crippen MR) is 94.3 cm³/mol. The largest absolute Gasteiger partial charge is 0.359 e. The smallest absolute Gasteiger partial charge is 0.323 e. The van der Waals surface area contributed by atoms with Crippen molar-refractivity contribution < 1.29 is 9.32 Å². The van der Waals surface area contributed by atoms with Crippen molar-refractivity contribution in [1.29, 1.82) is 0 Å². The molecule has 1 unspecified atom stereocenters. The van der Waals surface area contributed by atoms with Gasteiger partial charge in [0.25, 0.3) is 0 Å². The Morgan fingerprint density at radius 2 is 2.33 bits per heavy atom. The molecule has 1 aliphatic heterocycles. The fourth-order valence-electron chi connectivity index (χ4n) is 2.89. The van der Waals surface area contributed by atoms with Gasteiger partial charge in [-0.25, -0.2) is 9.78 Å². The van der Waals surface area contributed by atoms with Gasteiger partial charge in [0.15, 0.2) is 5.82 Å². The third-order valence-electron chi connectivity index (χ3n) is 4.24. The zero-order valence-corrected chi connectivity index (χ0v) is 15.2. The molecule has 1 saturated heterocycles. The summed E-state index contributed by atoms with van der Waals surface area (Å²) in [4.78, 5) is 18.7. The fraction of sp³-hybridized carbons (Fsp3) is 0.588. The van der Waals surface area contributed by atoms with Crippen molar-refractivity contribution in [3.8, 4) is 0 Å². The minimum absolute atomic E-state index is 0.104. The first-order valence-corrected chi connectivity index (χ1v) is 9.21. The Morgan fingerprint density at radius 3 is 3.00 bits per heavy atom. The van der Waals surface area contributed by atoms with Crippen LogP contribution in [0.15, 0.2) is 22.2 Å². The van der Waals surface area contributed by atoms with Gasteiger partial charge in [-0.1, -0.05) is 25.9 Å². The highest BCUT2D eigenvalue weighted by atomic mass is 32.1. The van der Waals surface area contributed by atoms with Gasteiger partial charge in [-0.2, -0.15) is 0 Å². The van der Waals surface area contributed by atoms with Gasteiger partial charge >= 0.3 is 6.03 Å². The van der Waals surface area contributed by atoms with Crippen molar-refractivity contribution in [3.63, 3.8) is 0 Å². The third kappa shape index (κ3) is 4.14. The first-order chi connectivity index (χ1) is 11.4. The van der Waals surface area contributed by atoms with Crippen LogP contribution in [0.25, 0.3) is 0 Å². The zero-order valence-electron chi connectivity index (χ0n) is 14.4. The van der Waals surface area contributed by atoms with E-state index in [9.17, 15) is 4.79 Å². The number of rotatable bonds is 3. The lowest BCUT2D eigenvalue weighted by Crippen LogP contribution is -2.42. The van der Waals surface area contributed by atoms with Crippen molar-refractivity contribution in [2.24, 2.45) is 5.92 Å². The zero-order chi connectivity index (χ0) is 17.2. The topological polar surface area (TPSA) is 71.3 Å². The summed E-state index contributed by atoms with van der Waals surface area (Å²) in [6.45, 7) is 7.69. The van der Waals surface area contributed by atoms with Gasteiger partial charge in [-0.05, 0) is 18.8 Å². The van der Waals surface area contributed by atoms with Gasteiger partial charge in [0, 0.05) is 42.6 Å². The maximum absolute atomic E-state index is 12.5. The van der Waals surface area contributed by atoms with Crippen molar-refractivity contribution in [1.82, 2.24) is 15.0 Å². The van der Waals surface area contributed by atoms with Gasteiger partial charge in [0.2, 0.25) is 0 Å². The van der Waals surface area contributed by atoms with E-state index in [1.807, 2.05) is 37.2 Å². The van der Waals surface area contributed by atoms with Crippen LogP contribution in [-0.4, -0.2) is 34.2 Å². The first kappa shape index (κ1) is 17.0. The normalized spacial score (nSPS) is 18.6. The molecule has 1 aliphatic rings. The number of urea groups is 1. The van der Waals surface area contributed by atoms with Crippen LogP contribution in [0.1, 0.15) is 44.4 Å². The molecule has 0 aromatic carbocycles. The summed E-state index contributed by atoms with van der Waals surface area (Å²) >= 11 is 1.68. The summed E-state index contributed by atoms with van der Waals surface area (Å²) in [7, 11) is 0. The molecule has 1 fully saturated rings. The Morgan fingerprint density at radius 1 is 1.50 bits per heavy atom. The maximum atomic E-state index is 12.5. The van der Waals surface area contributed by atoms with E-state index in [1.54, 1.807) is 17.4 Å². The molecule has 0 spiro atoms. The van der Waals surface area contributed by atoms with Crippen LogP contribution in [0.3, 0.4) is 0 Å². The van der Waals surface area contributed by atoms with Crippen LogP contribution in [0.5, 0.6) is 0 Å². The third-order valence-corrected chi connectivity index (χ3v) is 5.04. The Labute approximate surface area is 146 Å². The lowest BCUT2D eigenvalue weighted by molar-refractivity contribution is 0.177. The molecule has 6 nitrogen and oxygen atoms in total. The number of piperidine rings is 1. The van der Waals surface area contributed by atoms with E-state index in [2.05, 4.69) is 15.5 Å². The van der Waals surface area contributed by atoms with Gasteiger partial charge in [0.05, 0.1) is 5.01 Å². The number of thiazole rings is 1. The average molecular weight is 348 g/mol. The summed E-state index contributed by atoms with van der Waals surface area (Å²) in [5, 5.41) is 9.95.